The molecule has 0 spiro atoms. The number of aryl methyl sites for hydroxylation is 4. The average Bonchev–Trinajstić information content (AvgIpc) is 3.83. The first-order valence-corrected chi connectivity index (χ1v) is 23.3. The Morgan fingerprint density at radius 3 is 1.88 bits per heavy atom. The second kappa shape index (κ2) is 16.3. The van der Waals surface area contributed by atoms with Crippen molar-refractivity contribution in [2.45, 2.75) is 84.7 Å². The zero-order valence-corrected chi connectivity index (χ0v) is 35.3. The summed E-state index contributed by atoms with van der Waals surface area (Å²) < 4.78 is 60.1. The molecule has 3 N–H and O–H groups in total. The van der Waals surface area contributed by atoms with Crippen LogP contribution in [0.5, 0.6) is 0 Å². The second-order valence-corrected chi connectivity index (χ2v) is 20.5. The first-order valence-electron chi connectivity index (χ1n) is 19.3. The van der Waals surface area contributed by atoms with Gasteiger partial charge in [-0.3, -0.25) is 0 Å². The highest BCUT2D eigenvalue weighted by molar-refractivity contribution is 7.91. The highest BCUT2D eigenvalue weighted by Crippen LogP contribution is 2.37. The lowest BCUT2D eigenvalue weighted by atomic mass is 9.99. The van der Waals surface area contributed by atoms with Gasteiger partial charge >= 0.3 is 0 Å². The van der Waals surface area contributed by atoms with E-state index in [4.69, 9.17) is 31.4 Å². The van der Waals surface area contributed by atoms with Gasteiger partial charge in [-0.2, -0.15) is 0 Å². The predicted octanol–water partition coefficient (Wildman–Crippen LogP) is 8.59. The van der Waals surface area contributed by atoms with Crippen molar-refractivity contribution in [2.24, 2.45) is 0 Å². The van der Waals surface area contributed by atoms with Crippen LogP contribution in [0.2, 0.25) is 5.02 Å². The normalized spacial score (nSPS) is 17.6. The van der Waals surface area contributed by atoms with Crippen LogP contribution in [0.3, 0.4) is 0 Å². The zero-order valence-electron chi connectivity index (χ0n) is 32.9. The van der Waals surface area contributed by atoms with Crippen LogP contribution in [-0.4, -0.2) is 65.8 Å². The lowest BCUT2D eigenvalue weighted by molar-refractivity contribution is 0.393. The molecule has 0 bridgehead atoms. The largest absolute Gasteiger partial charge is 0.397 e. The molecule has 57 heavy (non-hydrogen) atoms. The van der Waals surface area contributed by atoms with E-state index in [-0.39, 0.29) is 41.0 Å². The third-order valence-corrected chi connectivity index (χ3v) is 14.8. The minimum Gasteiger partial charge on any atom is -0.397 e. The highest BCUT2D eigenvalue weighted by Gasteiger charge is 2.30. The van der Waals surface area contributed by atoms with Gasteiger partial charge in [0.15, 0.2) is 0 Å². The standard InChI is InChI=1S/C26H28ClN3O3S.C16H21N3O3S/c1-16(14-19-4-7-21(27)8-5-19)26-28-23-15-20(25-17(2)29-33-18(25)3)6-9-24(23)30(26)22-10-12-34(31,32)13-11-22;1-10-16(11(2)22-19-10)12-3-4-15(14(17)9-12)18-13-5-7-23(20,21)8-6-13/h4-9,15-16,22H,10-14H2,1-3H3;3-4,9,13,18H,5-8,17H2,1-2H3. The van der Waals surface area contributed by atoms with Gasteiger partial charge in [-0.1, -0.05) is 53.1 Å². The van der Waals surface area contributed by atoms with E-state index < -0.39 is 19.7 Å². The number of sulfone groups is 2. The summed E-state index contributed by atoms with van der Waals surface area (Å²) in [5.41, 5.74) is 16.4. The van der Waals surface area contributed by atoms with Crippen LogP contribution in [0.15, 0.2) is 69.7 Å². The summed E-state index contributed by atoms with van der Waals surface area (Å²) in [5, 5.41) is 12.1. The van der Waals surface area contributed by atoms with E-state index in [0.717, 1.165) is 79.2 Å². The number of hydrogen-bond acceptors (Lipinski definition) is 11. The Morgan fingerprint density at radius 2 is 1.33 bits per heavy atom. The molecule has 2 aliphatic heterocycles. The highest BCUT2D eigenvalue weighted by atomic mass is 35.5. The SMILES string of the molecule is Cc1noc(C)c1-c1ccc(NC2CCS(=O)(=O)CC2)c(N)c1.Cc1noc(C)c1-c1ccc2c(c1)nc(C(C)Cc1ccc(Cl)cc1)n2C1CCS(=O)(=O)CC1. The first-order chi connectivity index (χ1) is 27.1. The summed E-state index contributed by atoms with van der Waals surface area (Å²) in [7, 11) is -5.81. The molecule has 8 rings (SSSR count). The quantitative estimate of drug-likeness (QED) is 0.141. The van der Waals surface area contributed by atoms with Crippen LogP contribution >= 0.6 is 11.6 Å². The summed E-state index contributed by atoms with van der Waals surface area (Å²) in [4.78, 5) is 5.10. The Labute approximate surface area is 339 Å². The number of rotatable bonds is 8. The number of anilines is 2. The van der Waals surface area contributed by atoms with Crippen LogP contribution in [0.25, 0.3) is 33.3 Å². The predicted molar refractivity (Wildman–Crippen MR) is 226 cm³/mol. The van der Waals surface area contributed by atoms with Gasteiger partial charge in [0.05, 0.1) is 56.8 Å². The average molecular weight is 833 g/mol. The minimum atomic E-state index is -2.96. The van der Waals surface area contributed by atoms with Gasteiger partial charge in [-0.05, 0) is 113 Å². The summed E-state index contributed by atoms with van der Waals surface area (Å²) in [6.07, 6.45) is 3.28. The number of fused-ring (bicyclic) bond motifs is 1. The van der Waals surface area contributed by atoms with E-state index in [1.807, 2.05) is 58.0 Å². The number of benzene rings is 3. The van der Waals surface area contributed by atoms with Crippen molar-refractivity contribution in [2.75, 3.05) is 34.1 Å². The second-order valence-electron chi connectivity index (χ2n) is 15.4. The zero-order chi connectivity index (χ0) is 40.6. The molecule has 5 heterocycles. The third-order valence-electron chi connectivity index (χ3n) is 11.1. The number of nitrogen functional groups attached to an aromatic ring is 1. The minimum absolute atomic E-state index is 0.112. The van der Waals surface area contributed by atoms with Crippen LogP contribution < -0.4 is 11.1 Å². The molecule has 3 aromatic heterocycles. The molecule has 0 radical (unpaired) electrons. The topological polar surface area (TPSA) is 176 Å². The molecule has 2 fully saturated rings. The van der Waals surface area contributed by atoms with Gasteiger partial charge in [-0.15, -0.1) is 0 Å². The Morgan fingerprint density at radius 1 is 0.789 bits per heavy atom. The number of nitrogens with one attached hydrogen (secondary N) is 1. The third kappa shape index (κ3) is 9.08. The number of aromatic nitrogens is 4. The fourth-order valence-electron chi connectivity index (χ4n) is 8.10. The lowest BCUT2D eigenvalue weighted by Gasteiger charge is -2.27. The molecule has 1 atom stereocenters. The molecule has 0 aliphatic carbocycles. The smallest absolute Gasteiger partial charge is 0.150 e. The van der Waals surface area contributed by atoms with Gasteiger partial charge in [0.2, 0.25) is 0 Å². The molecule has 12 nitrogen and oxygen atoms in total. The van der Waals surface area contributed by atoms with Crippen molar-refractivity contribution in [3.63, 3.8) is 0 Å². The van der Waals surface area contributed by atoms with E-state index in [2.05, 4.69) is 57.5 Å². The Hall–Kier alpha value is -4.66. The molecular weight excluding hydrogens is 784 g/mol. The maximum Gasteiger partial charge on any atom is 0.150 e. The fourth-order valence-corrected chi connectivity index (χ4v) is 11.2. The Balaban J connectivity index is 0.000000188. The van der Waals surface area contributed by atoms with Crippen molar-refractivity contribution in [3.05, 3.63) is 100.0 Å². The molecule has 2 saturated heterocycles. The molecule has 2 aliphatic rings. The van der Waals surface area contributed by atoms with Gasteiger partial charge in [0.25, 0.3) is 0 Å². The Kier molecular flexibility index (Phi) is 11.6. The van der Waals surface area contributed by atoms with Crippen LogP contribution in [-0.2, 0) is 26.1 Å². The molecule has 0 amide bonds. The van der Waals surface area contributed by atoms with Crippen molar-refractivity contribution < 1.29 is 25.9 Å². The summed E-state index contributed by atoms with van der Waals surface area (Å²) in [5.74, 6) is 3.60. The Bertz CT molecular complexity index is 2570. The summed E-state index contributed by atoms with van der Waals surface area (Å²) in [6, 6.07) is 20.3. The van der Waals surface area contributed by atoms with Crippen molar-refractivity contribution in [1.29, 1.82) is 0 Å². The maximum atomic E-state index is 12.1. The monoisotopic (exact) mass is 832 g/mol. The first kappa shape index (κ1) is 40.5. The lowest BCUT2D eigenvalue weighted by Crippen LogP contribution is -2.32. The maximum absolute atomic E-state index is 12.1. The molecule has 15 heteroatoms. The van der Waals surface area contributed by atoms with Crippen LogP contribution in [0.4, 0.5) is 11.4 Å². The van der Waals surface area contributed by atoms with Gasteiger partial charge in [0, 0.05) is 34.2 Å². The van der Waals surface area contributed by atoms with Gasteiger partial charge in [0.1, 0.15) is 37.0 Å². The van der Waals surface area contributed by atoms with E-state index in [1.54, 1.807) is 0 Å². The van der Waals surface area contributed by atoms with Gasteiger partial charge in [-0.25, -0.2) is 21.8 Å². The number of halogens is 1. The van der Waals surface area contributed by atoms with E-state index in [1.165, 1.54) is 5.56 Å². The van der Waals surface area contributed by atoms with E-state index in [9.17, 15) is 16.8 Å². The molecule has 302 valence electrons. The molecular formula is C42H49ClN6O6S2. The van der Waals surface area contributed by atoms with Crippen molar-refractivity contribution in [1.82, 2.24) is 19.9 Å². The van der Waals surface area contributed by atoms with E-state index >= 15 is 0 Å². The van der Waals surface area contributed by atoms with Crippen LogP contribution in [0.1, 0.15) is 78.9 Å². The number of nitrogens with two attached hydrogens (primary N) is 1. The van der Waals surface area contributed by atoms with Crippen LogP contribution in [0, 0.1) is 27.7 Å². The number of hydrogen-bond donors (Lipinski definition) is 2. The number of nitrogens with zero attached hydrogens (tertiary/aromatic N) is 4. The fraction of sp³-hybridized carbons (Fsp3) is 0.405. The molecule has 1 unspecified atom stereocenters. The molecule has 0 saturated carbocycles. The van der Waals surface area contributed by atoms with Crippen molar-refractivity contribution in [3.8, 4) is 22.3 Å². The molecule has 3 aromatic carbocycles. The number of imidazole rings is 1. The van der Waals surface area contributed by atoms with Crippen molar-refractivity contribution >= 4 is 53.7 Å². The summed E-state index contributed by atoms with van der Waals surface area (Å²) in [6.45, 7) is 9.81. The summed E-state index contributed by atoms with van der Waals surface area (Å²) >= 11 is 6.07. The van der Waals surface area contributed by atoms with Gasteiger partial charge < -0.3 is 24.7 Å². The van der Waals surface area contributed by atoms with E-state index in [0.29, 0.717) is 31.4 Å². The molecule has 6 aromatic rings.